The van der Waals surface area contributed by atoms with E-state index in [1.807, 2.05) is 19.1 Å². The van der Waals surface area contributed by atoms with Gasteiger partial charge in [-0.25, -0.2) is 0 Å². The Balaban J connectivity index is 2.26. The molecule has 0 amide bonds. The van der Waals surface area contributed by atoms with Gasteiger partial charge in [0.05, 0.1) is 0 Å². The maximum absolute atomic E-state index is 11.1. The van der Waals surface area contributed by atoms with Crippen molar-refractivity contribution in [2.45, 2.75) is 33.1 Å². The Morgan fingerprint density at radius 3 is 2.73 bits per heavy atom. The van der Waals surface area contributed by atoms with Crippen molar-refractivity contribution < 1.29 is 4.79 Å². The second-order valence-electron chi connectivity index (χ2n) is 3.74. The van der Waals surface area contributed by atoms with Crippen LogP contribution in [-0.2, 0) is 4.79 Å². The molecule has 1 rings (SSSR count). The van der Waals surface area contributed by atoms with E-state index in [4.69, 9.17) is 0 Å². The summed E-state index contributed by atoms with van der Waals surface area (Å²) in [6.07, 6.45) is 2.26. The molecule has 1 aromatic rings. The first-order valence-corrected chi connectivity index (χ1v) is 5.55. The fourth-order valence-corrected chi connectivity index (χ4v) is 1.46. The Hall–Kier alpha value is -1.31. The molecule has 0 saturated heterocycles. The normalized spacial score (nSPS) is 10.0. The lowest BCUT2D eigenvalue weighted by Crippen LogP contribution is -2.05. The molecule has 0 aromatic heterocycles. The Bertz CT molecular complexity index is 320. The Morgan fingerprint density at radius 1 is 1.33 bits per heavy atom. The van der Waals surface area contributed by atoms with Gasteiger partial charge in [0.15, 0.2) is 0 Å². The van der Waals surface area contributed by atoms with Crippen molar-refractivity contribution in [2.24, 2.45) is 0 Å². The average molecular weight is 205 g/mol. The number of hydrogen-bond acceptors (Lipinski definition) is 2. The number of rotatable bonds is 6. The van der Waals surface area contributed by atoms with Crippen LogP contribution in [0.15, 0.2) is 24.3 Å². The van der Waals surface area contributed by atoms with Gasteiger partial charge in [-0.2, -0.15) is 0 Å². The van der Waals surface area contributed by atoms with E-state index >= 15 is 0 Å². The number of benzene rings is 1. The number of anilines is 1. The van der Waals surface area contributed by atoms with Crippen LogP contribution in [0.3, 0.4) is 0 Å². The van der Waals surface area contributed by atoms with Gasteiger partial charge in [0, 0.05) is 25.1 Å². The zero-order chi connectivity index (χ0) is 11.1. The molecule has 0 spiro atoms. The first-order chi connectivity index (χ1) is 7.24. The smallest absolute Gasteiger partial charge is 0.132 e. The first kappa shape index (κ1) is 11.8. The van der Waals surface area contributed by atoms with Crippen LogP contribution in [0.2, 0.25) is 0 Å². The van der Waals surface area contributed by atoms with Crippen LogP contribution >= 0.6 is 0 Å². The summed E-state index contributed by atoms with van der Waals surface area (Å²) in [7, 11) is 0. The molecule has 82 valence electrons. The van der Waals surface area contributed by atoms with E-state index in [9.17, 15) is 4.79 Å². The van der Waals surface area contributed by atoms with E-state index in [0.717, 1.165) is 13.0 Å². The van der Waals surface area contributed by atoms with E-state index in [0.29, 0.717) is 18.6 Å². The number of aryl methyl sites for hydroxylation is 1. The summed E-state index contributed by atoms with van der Waals surface area (Å²) in [6, 6.07) is 8.20. The molecule has 0 aliphatic heterocycles. The van der Waals surface area contributed by atoms with Crippen molar-refractivity contribution in [1.82, 2.24) is 0 Å². The van der Waals surface area contributed by atoms with Gasteiger partial charge in [0.2, 0.25) is 0 Å². The van der Waals surface area contributed by atoms with Gasteiger partial charge in [-0.05, 0) is 25.0 Å². The summed E-state index contributed by atoms with van der Waals surface area (Å²) in [5.74, 6) is 0.349. The van der Waals surface area contributed by atoms with Crippen LogP contribution < -0.4 is 5.32 Å². The van der Waals surface area contributed by atoms with Crippen LogP contribution in [0, 0.1) is 6.92 Å². The molecule has 0 fully saturated rings. The topological polar surface area (TPSA) is 29.1 Å². The lowest BCUT2D eigenvalue weighted by atomic mass is 10.1. The highest BCUT2D eigenvalue weighted by Crippen LogP contribution is 2.12. The van der Waals surface area contributed by atoms with Gasteiger partial charge in [0.1, 0.15) is 5.78 Å². The molecule has 0 aliphatic rings. The lowest BCUT2D eigenvalue weighted by molar-refractivity contribution is -0.118. The van der Waals surface area contributed by atoms with Crippen molar-refractivity contribution in [1.29, 1.82) is 0 Å². The molecule has 2 nitrogen and oxygen atoms in total. The predicted molar refractivity (Wildman–Crippen MR) is 64.2 cm³/mol. The zero-order valence-corrected chi connectivity index (χ0v) is 9.55. The molecule has 0 atom stereocenters. The van der Waals surface area contributed by atoms with Crippen molar-refractivity contribution in [2.75, 3.05) is 11.9 Å². The SMILES string of the molecule is CCC(=O)CCCNc1ccccc1C. The standard InChI is InChI=1S/C13H19NO/c1-3-12(15)8-6-10-14-13-9-5-4-7-11(13)2/h4-5,7,9,14H,3,6,8,10H2,1-2H3. The van der Waals surface area contributed by atoms with Gasteiger partial charge >= 0.3 is 0 Å². The Kier molecular flexibility index (Phi) is 4.88. The molecule has 15 heavy (non-hydrogen) atoms. The summed E-state index contributed by atoms with van der Waals surface area (Å²) in [5, 5.41) is 3.34. The third kappa shape index (κ3) is 4.15. The fourth-order valence-electron chi connectivity index (χ4n) is 1.46. The van der Waals surface area contributed by atoms with Gasteiger partial charge in [-0.15, -0.1) is 0 Å². The highest BCUT2D eigenvalue weighted by Gasteiger charge is 1.98. The Labute approximate surface area is 91.7 Å². The average Bonchev–Trinajstić information content (AvgIpc) is 2.26. The number of hydrogen-bond donors (Lipinski definition) is 1. The molecule has 0 unspecified atom stereocenters. The van der Waals surface area contributed by atoms with Crippen LogP contribution in [0.1, 0.15) is 31.7 Å². The molecular weight excluding hydrogens is 186 g/mol. The third-order valence-corrected chi connectivity index (χ3v) is 2.49. The van der Waals surface area contributed by atoms with Gasteiger partial charge < -0.3 is 5.32 Å². The second-order valence-corrected chi connectivity index (χ2v) is 3.74. The van der Waals surface area contributed by atoms with Gasteiger partial charge in [-0.1, -0.05) is 25.1 Å². The molecule has 0 saturated carbocycles. The van der Waals surface area contributed by atoms with Crippen molar-refractivity contribution in [3.63, 3.8) is 0 Å². The molecule has 1 aromatic carbocycles. The minimum Gasteiger partial charge on any atom is -0.385 e. The predicted octanol–water partition coefficient (Wildman–Crippen LogP) is 3.17. The minimum atomic E-state index is 0.349. The lowest BCUT2D eigenvalue weighted by Gasteiger charge is -2.08. The van der Waals surface area contributed by atoms with Crippen LogP contribution in [0.25, 0.3) is 0 Å². The minimum absolute atomic E-state index is 0.349. The molecular formula is C13H19NO. The van der Waals surface area contributed by atoms with Crippen molar-refractivity contribution >= 4 is 11.5 Å². The number of carbonyl (C=O) groups excluding carboxylic acids is 1. The van der Waals surface area contributed by atoms with Crippen LogP contribution in [-0.4, -0.2) is 12.3 Å². The number of carbonyl (C=O) groups is 1. The molecule has 0 bridgehead atoms. The maximum atomic E-state index is 11.1. The first-order valence-electron chi connectivity index (χ1n) is 5.55. The summed E-state index contributed by atoms with van der Waals surface area (Å²) in [6.45, 7) is 4.87. The molecule has 2 heteroatoms. The fraction of sp³-hybridized carbons (Fsp3) is 0.462. The number of para-hydroxylation sites is 1. The molecule has 1 N–H and O–H groups in total. The van der Waals surface area contributed by atoms with Gasteiger partial charge in [-0.3, -0.25) is 4.79 Å². The van der Waals surface area contributed by atoms with E-state index in [-0.39, 0.29) is 0 Å². The molecule has 0 radical (unpaired) electrons. The maximum Gasteiger partial charge on any atom is 0.132 e. The summed E-state index contributed by atoms with van der Waals surface area (Å²) < 4.78 is 0. The number of ketones is 1. The molecule has 0 heterocycles. The second kappa shape index (κ2) is 6.23. The van der Waals surface area contributed by atoms with Crippen LogP contribution in [0.4, 0.5) is 5.69 Å². The number of nitrogens with one attached hydrogen (secondary N) is 1. The van der Waals surface area contributed by atoms with E-state index in [1.54, 1.807) is 0 Å². The quantitative estimate of drug-likeness (QED) is 0.723. The summed E-state index contributed by atoms with van der Waals surface area (Å²) in [4.78, 5) is 11.1. The number of Topliss-reactive ketones (excluding diaryl/α,β-unsaturated/α-hetero) is 1. The van der Waals surface area contributed by atoms with Crippen LogP contribution in [0.5, 0.6) is 0 Å². The highest BCUT2D eigenvalue weighted by atomic mass is 16.1. The third-order valence-electron chi connectivity index (χ3n) is 2.49. The highest BCUT2D eigenvalue weighted by molar-refractivity contribution is 5.77. The van der Waals surface area contributed by atoms with Gasteiger partial charge in [0.25, 0.3) is 0 Å². The summed E-state index contributed by atoms with van der Waals surface area (Å²) in [5.41, 5.74) is 2.42. The zero-order valence-electron chi connectivity index (χ0n) is 9.55. The monoisotopic (exact) mass is 205 g/mol. The van der Waals surface area contributed by atoms with Crippen molar-refractivity contribution in [3.8, 4) is 0 Å². The van der Waals surface area contributed by atoms with E-state index in [1.165, 1.54) is 11.3 Å². The molecule has 0 aliphatic carbocycles. The van der Waals surface area contributed by atoms with E-state index in [2.05, 4.69) is 24.4 Å². The Morgan fingerprint density at radius 2 is 2.07 bits per heavy atom. The summed E-state index contributed by atoms with van der Waals surface area (Å²) >= 11 is 0. The van der Waals surface area contributed by atoms with E-state index < -0.39 is 0 Å². The van der Waals surface area contributed by atoms with Crippen molar-refractivity contribution in [3.05, 3.63) is 29.8 Å². The largest absolute Gasteiger partial charge is 0.385 e.